The molecule has 0 spiro atoms. The van der Waals surface area contributed by atoms with E-state index < -0.39 is 6.17 Å². The fourth-order valence-electron chi connectivity index (χ4n) is 3.67. The number of H-pyrrole nitrogens is 1. The van der Waals surface area contributed by atoms with Crippen molar-refractivity contribution < 1.29 is 14.0 Å². The van der Waals surface area contributed by atoms with E-state index in [1.54, 1.807) is 49.5 Å². The summed E-state index contributed by atoms with van der Waals surface area (Å²) in [5.74, 6) is -0.667. The summed E-state index contributed by atoms with van der Waals surface area (Å²) in [4.78, 5) is 28.8. The summed E-state index contributed by atoms with van der Waals surface area (Å²) < 4.78 is 13.4. The molecule has 1 atom stereocenters. The van der Waals surface area contributed by atoms with E-state index in [4.69, 9.17) is 0 Å². The number of nitrogens with one attached hydrogen (secondary N) is 2. The van der Waals surface area contributed by atoms with Gasteiger partial charge in [0.15, 0.2) is 0 Å². The van der Waals surface area contributed by atoms with E-state index in [1.807, 2.05) is 17.0 Å². The molecule has 4 rings (SSSR count). The van der Waals surface area contributed by atoms with Crippen LogP contribution in [0.15, 0.2) is 54.7 Å². The highest BCUT2D eigenvalue weighted by Crippen LogP contribution is 2.40. The third-order valence-electron chi connectivity index (χ3n) is 5.10. The first-order chi connectivity index (χ1) is 14.0. The predicted molar refractivity (Wildman–Crippen MR) is 107 cm³/mol. The van der Waals surface area contributed by atoms with E-state index in [1.165, 1.54) is 12.1 Å². The van der Waals surface area contributed by atoms with Gasteiger partial charge < -0.3 is 15.1 Å². The van der Waals surface area contributed by atoms with Crippen molar-refractivity contribution in [3.63, 3.8) is 0 Å². The molecule has 8 heteroatoms. The first-order valence-electron chi connectivity index (χ1n) is 9.14. The summed E-state index contributed by atoms with van der Waals surface area (Å²) >= 11 is 0. The number of likely N-dealkylation sites (N-methyl/N-ethyl adjacent to an activating group) is 1. The summed E-state index contributed by atoms with van der Waals surface area (Å²) in [5, 5.41) is 9.75. The molecule has 0 saturated heterocycles. The Morgan fingerprint density at radius 1 is 1.21 bits per heavy atom. The van der Waals surface area contributed by atoms with Gasteiger partial charge in [0.25, 0.3) is 5.91 Å². The van der Waals surface area contributed by atoms with Crippen LogP contribution in [0.4, 0.5) is 10.1 Å². The Balaban J connectivity index is 1.85. The number of carbonyl (C=O) groups excluding carboxylic acids is 2. The predicted octanol–water partition coefficient (Wildman–Crippen LogP) is 2.55. The molecular weight excluding hydrogens is 373 g/mol. The molecule has 0 fully saturated rings. The van der Waals surface area contributed by atoms with Crippen molar-refractivity contribution >= 4 is 17.5 Å². The van der Waals surface area contributed by atoms with Crippen LogP contribution in [0.1, 0.15) is 22.1 Å². The highest BCUT2D eigenvalue weighted by Gasteiger charge is 2.38. The maximum absolute atomic E-state index is 13.4. The second kappa shape index (κ2) is 7.38. The zero-order chi connectivity index (χ0) is 20.5. The van der Waals surface area contributed by atoms with Gasteiger partial charge in [0.1, 0.15) is 12.0 Å². The van der Waals surface area contributed by atoms with Crippen LogP contribution in [0.25, 0.3) is 11.3 Å². The van der Waals surface area contributed by atoms with Crippen LogP contribution in [-0.4, -0.2) is 47.6 Å². The van der Waals surface area contributed by atoms with Gasteiger partial charge in [-0.05, 0) is 36.4 Å². The summed E-state index contributed by atoms with van der Waals surface area (Å²) in [6, 6.07) is 13.2. The van der Waals surface area contributed by atoms with Crippen LogP contribution in [0.3, 0.4) is 0 Å². The zero-order valence-corrected chi connectivity index (χ0v) is 16.0. The van der Waals surface area contributed by atoms with E-state index >= 15 is 0 Å². The van der Waals surface area contributed by atoms with E-state index in [0.717, 1.165) is 5.56 Å². The molecule has 7 nitrogen and oxygen atoms in total. The first kappa shape index (κ1) is 18.7. The summed E-state index contributed by atoms with van der Waals surface area (Å²) in [6.45, 7) is 0.0594. The second-order valence-corrected chi connectivity index (χ2v) is 6.82. The molecule has 2 N–H and O–H groups in total. The number of rotatable bonds is 4. The molecule has 3 aromatic rings. The Kier molecular flexibility index (Phi) is 4.75. The molecule has 2 heterocycles. The number of carbonyl (C=O) groups is 2. The Hall–Kier alpha value is -3.68. The Morgan fingerprint density at radius 3 is 2.66 bits per heavy atom. The van der Waals surface area contributed by atoms with Crippen LogP contribution < -0.4 is 10.2 Å². The van der Waals surface area contributed by atoms with Gasteiger partial charge in [0.2, 0.25) is 5.91 Å². The van der Waals surface area contributed by atoms with Crippen molar-refractivity contribution in [2.75, 3.05) is 25.5 Å². The molecule has 1 aromatic heterocycles. The van der Waals surface area contributed by atoms with Gasteiger partial charge in [-0.2, -0.15) is 5.10 Å². The van der Waals surface area contributed by atoms with Crippen molar-refractivity contribution in [2.24, 2.45) is 0 Å². The number of aromatic nitrogens is 2. The number of aromatic amines is 1. The minimum atomic E-state index is -0.562. The van der Waals surface area contributed by atoms with Crippen LogP contribution in [0.5, 0.6) is 0 Å². The van der Waals surface area contributed by atoms with E-state index in [-0.39, 0.29) is 24.2 Å². The highest BCUT2D eigenvalue weighted by atomic mass is 19.1. The lowest BCUT2D eigenvalue weighted by Gasteiger charge is -2.43. The van der Waals surface area contributed by atoms with Crippen molar-refractivity contribution in [3.05, 3.63) is 71.7 Å². The summed E-state index contributed by atoms with van der Waals surface area (Å²) in [7, 11) is 3.27. The van der Waals surface area contributed by atoms with E-state index in [2.05, 4.69) is 15.5 Å². The Labute approximate surface area is 167 Å². The zero-order valence-electron chi connectivity index (χ0n) is 16.0. The lowest BCUT2D eigenvalue weighted by molar-refractivity contribution is -0.119. The quantitative estimate of drug-likeness (QED) is 0.714. The normalized spacial score (nSPS) is 16.0. The molecule has 0 unspecified atom stereocenters. The van der Waals surface area contributed by atoms with Gasteiger partial charge in [-0.15, -0.1) is 0 Å². The average Bonchev–Trinajstić information content (AvgIpc) is 3.21. The summed E-state index contributed by atoms with van der Waals surface area (Å²) in [5.41, 5.74) is 3.32. The number of hydrogen-bond acceptors (Lipinski definition) is 4. The monoisotopic (exact) mass is 393 g/mol. The number of benzene rings is 2. The number of fused-ring (bicyclic) bond motifs is 1. The van der Waals surface area contributed by atoms with E-state index in [9.17, 15) is 14.0 Å². The largest absolute Gasteiger partial charge is 0.358 e. The fraction of sp³-hybridized carbons (Fsp3) is 0.190. The molecule has 0 bridgehead atoms. The molecule has 2 aromatic carbocycles. The molecule has 29 heavy (non-hydrogen) atoms. The van der Waals surface area contributed by atoms with Gasteiger partial charge in [0, 0.05) is 25.2 Å². The number of anilines is 1. The Morgan fingerprint density at radius 2 is 1.93 bits per heavy atom. The van der Waals surface area contributed by atoms with Crippen molar-refractivity contribution in [2.45, 2.75) is 6.17 Å². The van der Waals surface area contributed by atoms with Crippen LogP contribution in [-0.2, 0) is 4.79 Å². The van der Waals surface area contributed by atoms with Crippen molar-refractivity contribution in [1.82, 2.24) is 20.4 Å². The van der Waals surface area contributed by atoms with Gasteiger partial charge in [-0.25, -0.2) is 4.39 Å². The van der Waals surface area contributed by atoms with Crippen LogP contribution in [0, 0.1) is 5.82 Å². The molecule has 1 aliphatic heterocycles. The van der Waals surface area contributed by atoms with Gasteiger partial charge >= 0.3 is 0 Å². The molecular formula is C21H20FN5O2. The summed E-state index contributed by atoms with van der Waals surface area (Å²) in [6.07, 6.45) is 1.08. The maximum Gasteiger partial charge on any atom is 0.257 e. The molecule has 2 amide bonds. The fourth-order valence-corrected chi connectivity index (χ4v) is 3.67. The topological polar surface area (TPSA) is 81.3 Å². The lowest BCUT2D eigenvalue weighted by Crippen LogP contribution is -2.50. The standard InChI is InChI=1S/C21H20FN5O2/c1-23-18(28)12-27-17-6-4-3-5-15(17)21(29)26(2)20(27)16-11-24-25-19(16)13-7-9-14(22)10-8-13/h3-11,20H,12H2,1-2H3,(H,23,28)(H,24,25)/t20-/m1/s1. The Bertz CT molecular complexity index is 1060. The van der Waals surface area contributed by atoms with Crippen molar-refractivity contribution in [1.29, 1.82) is 0 Å². The van der Waals surface area contributed by atoms with E-state index in [0.29, 0.717) is 22.5 Å². The molecule has 0 saturated carbocycles. The number of hydrogen-bond donors (Lipinski definition) is 2. The smallest absolute Gasteiger partial charge is 0.257 e. The maximum atomic E-state index is 13.4. The minimum Gasteiger partial charge on any atom is -0.358 e. The SMILES string of the molecule is CNC(=O)CN1c2ccccc2C(=O)N(C)[C@H]1c1cn[nH]c1-c1ccc(F)cc1. The molecule has 0 radical (unpaired) electrons. The third-order valence-corrected chi connectivity index (χ3v) is 5.10. The first-order valence-corrected chi connectivity index (χ1v) is 9.14. The number of halogens is 1. The van der Waals surface area contributed by atoms with Crippen LogP contribution in [0.2, 0.25) is 0 Å². The highest BCUT2D eigenvalue weighted by molar-refractivity contribution is 6.03. The number of nitrogens with zero attached hydrogens (tertiary/aromatic N) is 3. The number of para-hydroxylation sites is 1. The van der Waals surface area contributed by atoms with Gasteiger partial charge in [-0.3, -0.25) is 14.7 Å². The second-order valence-electron chi connectivity index (χ2n) is 6.82. The van der Waals surface area contributed by atoms with Crippen molar-refractivity contribution in [3.8, 4) is 11.3 Å². The third kappa shape index (κ3) is 3.22. The minimum absolute atomic E-state index is 0.0594. The molecule has 148 valence electrons. The lowest BCUT2D eigenvalue weighted by atomic mass is 9.99. The average molecular weight is 393 g/mol. The number of amides is 2. The van der Waals surface area contributed by atoms with Crippen LogP contribution >= 0.6 is 0 Å². The van der Waals surface area contributed by atoms with Gasteiger partial charge in [0.05, 0.1) is 29.7 Å². The molecule has 0 aliphatic carbocycles. The van der Waals surface area contributed by atoms with Gasteiger partial charge in [-0.1, -0.05) is 12.1 Å². The molecule has 1 aliphatic rings.